The van der Waals surface area contributed by atoms with Gasteiger partial charge in [-0.05, 0) is 0 Å². The van der Waals surface area contributed by atoms with Crippen LogP contribution < -0.4 is 4.90 Å². The van der Waals surface area contributed by atoms with Crippen LogP contribution in [0, 0.1) is 6.92 Å². The average molecular weight is 379 g/mol. The van der Waals surface area contributed by atoms with E-state index in [9.17, 15) is 14.0 Å². The second-order valence-electron chi connectivity index (χ2n) is 5.54. The van der Waals surface area contributed by atoms with E-state index in [0.717, 1.165) is 4.90 Å². The number of hydrogen-bond donors (Lipinski definition) is 0. The number of rotatable bonds is 5. The normalized spacial score (nSPS) is 12.0. The summed E-state index contributed by atoms with van der Waals surface area (Å²) >= 11 is 5.98. The first-order chi connectivity index (χ1) is 12.4. The zero-order valence-corrected chi connectivity index (χ0v) is 14.6. The van der Waals surface area contributed by atoms with E-state index in [1.807, 2.05) is 0 Å². The maximum absolute atomic E-state index is 14.9. The third-order valence-corrected chi connectivity index (χ3v) is 3.90. The number of aryl methyl sites for hydroxylation is 1. The Morgan fingerprint density at radius 2 is 2.23 bits per heavy atom. The second kappa shape index (κ2) is 7.29. The van der Waals surface area contributed by atoms with Gasteiger partial charge in [-0.3, -0.25) is 0 Å². The van der Waals surface area contributed by atoms with Gasteiger partial charge >= 0.3 is 152 Å². The number of aromatic nitrogens is 1. The summed E-state index contributed by atoms with van der Waals surface area (Å²) in [5, 5.41) is 4.46. The van der Waals surface area contributed by atoms with Crippen LogP contribution in [0.15, 0.2) is 33.4 Å². The SMILES string of the molecule is CC(=O)OCN(C(=O)C(F)c1ccc2occ(Cl)c2c1)c1bc(C)no1. The number of nitrogens with zero attached hydrogens (tertiary/aromatic N) is 2. The molecule has 2 aromatic heterocycles. The molecule has 0 N–H and O–H groups in total. The Hall–Kier alpha value is -2.68. The summed E-state index contributed by atoms with van der Waals surface area (Å²) in [4.78, 5) is 24.6. The maximum atomic E-state index is 14.9. The van der Waals surface area contributed by atoms with Gasteiger partial charge in [-0.2, -0.15) is 0 Å². The predicted octanol–water partition coefficient (Wildman–Crippen LogP) is 3.29. The van der Waals surface area contributed by atoms with Crippen LogP contribution in [0.1, 0.15) is 24.2 Å². The third-order valence-electron chi connectivity index (χ3n) is 3.60. The molecule has 1 amide bonds. The minimum absolute atomic E-state index is 0.0289. The van der Waals surface area contributed by atoms with Gasteiger partial charge in [0.1, 0.15) is 0 Å². The van der Waals surface area contributed by atoms with Crippen molar-refractivity contribution >= 4 is 47.1 Å². The molecule has 0 bridgehead atoms. The van der Waals surface area contributed by atoms with Gasteiger partial charge in [0.05, 0.1) is 0 Å². The number of benzene rings is 1. The first kappa shape index (κ1) is 18.1. The van der Waals surface area contributed by atoms with Gasteiger partial charge in [-0.1, -0.05) is 0 Å². The predicted molar refractivity (Wildman–Crippen MR) is 91.8 cm³/mol. The number of esters is 1. The van der Waals surface area contributed by atoms with Crippen LogP contribution in [-0.2, 0) is 14.3 Å². The average Bonchev–Trinajstić information content (AvgIpc) is 3.20. The molecule has 1 atom stereocenters. The van der Waals surface area contributed by atoms with Crippen molar-refractivity contribution in [1.82, 2.24) is 5.16 Å². The summed E-state index contributed by atoms with van der Waals surface area (Å²) in [6, 6.07) is 4.37. The molecule has 0 saturated carbocycles. The molecule has 3 aromatic rings. The van der Waals surface area contributed by atoms with E-state index in [-0.39, 0.29) is 11.3 Å². The number of furan rings is 1. The molecule has 1 aromatic carbocycles. The molecule has 10 heteroatoms. The first-order valence-electron chi connectivity index (χ1n) is 7.55. The summed E-state index contributed by atoms with van der Waals surface area (Å²) in [5.41, 5.74) is 1.04. The Morgan fingerprint density at radius 1 is 1.46 bits per heavy atom. The van der Waals surface area contributed by atoms with E-state index in [1.54, 1.807) is 6.92 Å². The van der Waals surface area contributed by atoms with Crippen LogP contribution in [0.4, 0.5) is 10.2 Å². The number of alkyl halides is 1. The van der Waals surface area contributed by atoms with Crippen molar-refractivity contribution in [3.8, 4) is 0 Å². The molecule has 0 aliphatic carbocycles. The van der Waals surface area contributed by atoms with E-state index >= 15 is 0 Å². The molecule has 0 fully saturated rings. The summed E-state index contributed by atoms with van der Waals surface area (Å²) in [6.45, 7) is 3.75. The van der Waals surface area contributed by atoms with E-state index in [0.29, 0.717) is 21.6 Å². The van der Waals surface area contributed by atoms with E-state index in [4.69, 9.17) is 25.3 Å². The van der Waals surface area contributed by atoms with Crippen molar-refractivity contribution in [3.05, 3.63) is 40.6 Å². The number of ether oxygens (including phenoxy) is 1. The molecular formula is C16H13BClFN2O5. The van der Waals surface area contributed by atoms with Gasteiger partial charge in [0.15, 0.2) is 0 Å². The summed E-state index contributed by atoms with van der Waals surface area (Å²) in [6.07, 6.45) is -0.707. The van der Waals surface area contributed by atoms with Crippen molar-refractivity contribution in [2.45, 2.75) is 20.0 Å². The topological polar surface area (TPSA) is 85.8 Å². The molecule has 134 valence electrons. The Balaban J connectivity index is 1.90. The van der Waals surface area contributed by atoms with Crippen LogP contribution in [0.3, 0.4) is 0 Å². The van der Waals surface area contributed by atoms with Crippen molar-refractivity contribution in [2.24, 2.45) is 0 Å². The van der Waals surface area contributed by atoms with E-state index in [1.165, 1.54) is 38.3 Å². The Kier molecular flexibility index (Phi) is 5.08. The number of anilines is 1. The van der Waals surface area contributed by atoms with E-state index in [2.05, 4.69) is 5.16 Å². The second-order valence-corrected chi connectivity index (χ2v) is 5.95. The Bertz CT molecular complexity index is 973. The summed E-state index contributed by atoms with van der Waals surface area (Å²) in [7, 11) is 0. The number of halogens is 2. The molecule has 0 spiro atoms. The first-order valence-corrected chi connectivity index (χ1v) is 7.93. The molecule has 0 radical (unpaired) electrons. The van der Waals surface area contributed by atoms with Crippen LogP contribution in [0.2, 0.25) is 5.02 Å². The van der Waals surface area contributed by atoms with Gasteiger partial charge in [-0.15, -0.1) is 0 Å². The van der Waals surface area contributed by atoms with Crippen molar-refractivity contribution < 1.29 is 27.7 Å². The standard InChI is InChI=1S/C16H13BClFN2O5/c1-8-17-16(26-20-8)21(7-25-9(2)22)15(23)14(19)10-3-4-13-11(5-10)12(18)6-24-13/h3-6,14H,7H2,1-2H3. The zero-order chi connectivity index (χ0) is 18.8. The molecule has 1 unspecified atom stereocenters. The quantitative estimate of drug-likeness (QED) is 0.500. The number of carbonyl (C=O) groups is 2. The van der Waals surface area contributed by atoms with Gasteiger partial charge < -0.3 is 0 Å². The molecule has 2 heterocycles. The fourth-order valence-electron chi connectivity index (χ4n) is 2.32. The Morgan fingerprint density at radius 3 is 2.88 bits per heavy atom. The molecule has 7 nitrogen and oxygen atoms in total. The van der Waals surface area contributed by atoms with E-state index < -0.39 is 24.8 Å². The van der Waals surface area contributed by atoms with Crippen molar-refractivity contribution in [3.63, 3.8) is 0 Å². The molecule has 0 aliphatic heterocycles. The van der Waals surface area contributed by atoms with Crippen LogP contribution >= 0.6 is 11.6 Å². The minimum atomic E-state index is -2.04. The Labute approximate surface area is 152 Å². The molecule has 3 rings (SSSR count). The molecule has 0 aliphatic rings. The fraction of sp³-hybridized carbons (Fsp3) is 0.250. The number of hydrogen-bond acceptors (Lipinski definition) is 6. The zero-order valence-electron chi connectivity index (χ0n) is 13.9. The van der Waals surface area contributed by atoms with Crippen molar-refractivity contribution in [1.29, 1.82) is 0 Å². The number of carbonyl (C=O) groups excluding carboxylic acids is 2. The molecule has 26 heavy (non-hydrogen) atoms. The fourth-order valence-corrected chi connectivity index (χ4v) is 2.51. The van der Waals surface area contributed by atoms with Crippen LogP contribution in [0.5, 0.6) is 0 Å². The van der Waals surface area contributed by atoms with Gasteiger partial charge in [0.2, 0.25) is 0 Å². The van der Waals surface area contributed by atoms with Crippen LogP contribution in [0.25, 0.3) is 11.0 Å². The molecular weight excluding hydrogens is 365 g/mol. The van der Waals surface area contributed by atoms with Crippen LogP contribution in [-0.4, -0.2) is 30.7 Å². The summed E-state index contributed by atoms with van der Waals surface area (Å²) in [5.74, 6) is -1.62. The third kappa shape index (κ3) is 3.62. The number of fused-ring (bicyclic) bond motifs is 1. The summed E-state index contributed by atoms with van der Waals surface area (Å²) < 4.78 is 29.9. The monoisotopic (exact) mass is 378 g/mol. The molecule has 0 saturated heterocycles. The van der Waals surface area contributed by atoms with Crippen molar-refractivity contribution in [2.75, 3.05) is 11.6 Å². The number of amides is 1. The van der Waals surface area contributed by atoms with Gasteiger partial charge in [0.25, 0.3) is 0 Å². The van der Waals surface area contributed by atoms with Gasteiger partial charge in [-0.25, -0.2) is 0 Å². The van der Waals surface area contributed by atoms with Gasteiger partial charge in [0, 0.05) is 0 Å².